The number of nitrogens with one attached hydrogen (secondary N) is 1. The van der Waals surface area contributed by atoms with Gasteiger partial charge in [0.25, 0.3) is 0 Å². The molecule has 20 heavy (non-hydrogen) atoms. The summed E-state index contributed by atoms with van der Waals surface area (Å²) >= 11 is 0. The van der Waals surface area contributed by atoms with E-state index in [0.29, 0.717) is 26.2 Å². The van der Waals surface area contributed by atoms with E-state index >= 15 is 0 Å². The summed E-state index contributed by atoms with van der Waals surface area (Å²) in [6.07, 6.45) is 2.59. The van der Waals surface area contributed by atoms with Crippen LogP contribution in [0.4, 0.5) is 0 Å². The number of carbonyl (C=O) groups excluding carboxylic acids is 1. The third kappa shape index (κ3) is 3.16. The highest BCUT2D eigenvalue weighted by Gasteiger charge is 2.43. The maximum absolute atomic E-state index is 12.9. The van der Waals surface area contributed by atoms with Crippen LogP contribution in [0.1, 0.15) is 19.0 Å². The normalized spacial score (nSPS) is 21.9. The van der Waals surface area contributed by atoms with Crippen LogP contribution in [-0.2, 0) is 16.1 Å². The predicted octanol–water partition coefficient (Wildman–Crippen LogP) is 1.06. The van der Waals surface area contributed by atoms with Gasteiger partial charge in [0, 0.05) is 26.4 Å². The van der Waals surface area contributed by atoms with Crippen molar-refractivity contribution in [1.82, 2.24) is 15.2 Å². The third-order valence-corrected chi connectivity index (χ3v) is 3.87. The summed E-state index contributed by atoms with van der Waals surface area (Å²) in [5.74, 6) is 0.164. The van der Waals surface area contributed by atoms with Gasteiger partial charge in [0.05, 0.1) is 24.3 Å². The van der Waals surface area contributed by atoms with Gasteiger partial charge in [0.1, 0.15) is 0 Å². The molecule has 1 atom stereocenters. The number of hydrogen-bond acceptors (Lipinski definition) is 4. The second-order valence-corrected chi connectivity index (χ2v) is 5.28. The topological polar surface area (TPSA) is 54.5 Å². The molecule has 5 heteroatoms. The van der Waals surface area contributed by atoms with Crippen LogP contribution < -0.4 is 5.32 Å². The zero-order chi connectivity index (χ0) is 14.4. The molecule has 1 saturated heterocycles. The van der Waals surface area contributed by atoms with Crippen LogP contribution in [0, 0.1) is 5.41 Å². The van der Waals surface area contributed by atoms with Crippen molar-refractivity contribution in [2.24, 2.45) is 5.41 Å². The Kier molecular flexibility index (Phi) is 5.09. The molecule has 1 aliphatic heterocycles. The highest BCUT2D eigenvalue weighted by molar-refractivity contribution is 5.83. The van der Waals surface area contributed by atoms with Gasteiger partial charge in [-0.25, -0.2) is 0 Å². The van der Waals surface area contributed by atoms with Crippen molar-refractivity contribution in [2.75, 3.05) is 33.4 Å². The van der Waals surface area contributed by atoms with Gasteiger partial charge in [-0.05, 0) is 32.0 Å². The molecule has 1 unspecified atom stereocenters. The van der Waals surface area contributed by atoms with Gasteiger partial charge in [0.15, 0.2) is 0 Å². The number of aromatic nitrogens is 1. The highest BCUT2D eigenvalue weighted by Crippen LogP contribution is 2.29. The molecular weight excluding hydrogens is 254 g/mol. The molecule has 0 aliphatic carbocycles. The second-order valence-electron chi connectivity index (χ2n) is 5.28. The van der Waals surface area contributed by atoms with Crippen LogP contribution in [0.25, 0.3) is 0 Å². The Balaban J connectivity index is 2.11. The van der Waals surface area contributed by atoms with E-state index in [1.54, 1.807) is 13.3 Å². The van der Waals surface area contributed by atoms with Crippen molar-refractivity contribution in [2.45, 2.75) is 19.9 Å². The van der Waals surface area contributed by atoms with E-state index in [4.69, 9.17) is 4.74 Å². The van der Waals surface area contributed by atoms with Crippen LogP contribution in [0.15, 0.2) is 24.4 Å². The van der Waals surface area contributed by atoms with Crippen molar-refractivity contribution < 1.29 is 9.53 Å². The maximum atomic E-state index is 12.9. The number of ether oxygens (including phenoxy) is 1. The summed E-state index contributed by atoms with van der Waals surface area (Å²) in [5.41, 5.74) is 0.501. The fraction of sp³-hybridized carbons (Fsp3) is 0.600. The molecule has 0 bridgehead atoms. The first-order chi connectivity index (χ1) is 9.72. The van der Waals surface area contributed by atoms with Gasteiger partial charge in [-0.3, -0.25) is 9.78 Å². The number of amides is 1. The standard InChI is InChI=1S/C15H23N3O2/c1-3-18(10-13-6-4-5-8-17-13)14(19)15(12-20-2)7-9-16-11-15/h4-6,8,16H,3,7,9-12H2,1-2H3. The summed E-state index contributed by atoms with van der Waals surface area (Å²) < 4.78 is 5.29. The molecule has 5 nitrogen and oxygen atoms in total. The molecule has 0 aromatic carbocycles. The Bertz CT molecular complexity index is 430. The zero-order valence-electron chi connectivity index (χ0n) is 12.3. The van der Waals surface area contributed by atoms with E-state index < -0.39 is 5.41 Å². The van der Waals surface area contributed by atoms with Crippen LogP contribution >= 0.6 is 0 Å². The minimum Gasteiger partial charge on any atom is -0.384 e. The molecule has 1 aromatic heterocycles. The van der Waals surface area contributed by atoms with Crippen LogP contribution in [0.3, 0.4) is 0 Å². The smallest absolute Gasteiger partial charge is 0.232 e. The van der Waals surface area contributed by atoms with E-state index in [-0.39, 0.29) is 5.91 Å². The van der Waals surface area contributed by atoms with Gasteiger partial charge in [0.2, 0.25) is 5.91 Å². The van der Waals surface area contributed by atoms with Crippen LogP contribution in [-0.4, -0.2) is 49.1 Å². The van der Waals surface area contributed by atoms with Crippen molar-refractivity contribution in [3.63, 3.8) is 0 Å². The molecule has 0 radical (unpaired) electrons. The monoisotopic (exact) mass is 277 g/mol. The largest absolute Gasteiger partial charge is 0.384 e. The summed E-state index contributed by atoms with van der Waals surface area (Å²) in [4.78, 5) is 19.0. The number of rotatable bonds is 6. The minimum atomic E-state index is -0.417. The Morgan fingerprint density at radius 3 is 2.95 bits per heavy atom. The number of hydrogen-bond donors (Lipinski definition) is 1. The first kappa shape index (κ1) is 14.9. The fourth-order valence-electron chi connectivity index (χ4n) is 2.74. The number of carbonyl (C=O) groups is 1. The summed E-state index contributed by atoms with van der Waals surface area (Å²) in [7, 11) is 1.66. The van der Waals surface area contributed by atoms with E-state index in [2.05, 4.69) is 10.3 Å². The first-order valence-corrected chi connectivity index (χ1v) is 7.11. The van der Waals surface area contributed by atoms with Gasteiger partial charge < -0.3 is 15.0 Å². The lowest BCUT2D eigenvalue weighted by Crippen LogP contribution is -2.47. The van der Waals surface area contributed by atoms with Crippen LogP contribution in [0.2, 0.25) is 0 Å². The number of nitrogens with zero attached hydrogens (tertiary/aromatic N) is 2. The van der Waals surface area contributed by atoms with Crippen LogP contribution in [0.5, 0.6) is 0 Å². The van der Waals surface area contributed by atoms with Crippen molar-refractivity contribution in [3.05, 3.63) is 30.1 Å². The molecule has 1 amide bonds. The fourth-order valence-corrected chi connectivity index (χ4v) is 2.74. The molecule has 2 heterocycles. The first-order valence-electron chi connectivity index (χ1n) is 7.11. The lowest BCUT2D eigenvalue weighted by Gasteiger charge is -2.32. The van der Waals surface area contributed by atoms with Gasteiger partial charge >= 0.3 is 0 Å². The molecule has 0 saturated carbocycles. The summed E-state index contributed by atoms with van der Waals surface area (Å²) in [6, 6.07) is 5.78. The third-order valence-electron chi connectivity index (χ3n) is 3.87. The summed E-state index contributed by atoms with van der Waals surface area (Å²) in [5, 5.41) is 3.28. The Hall–Kier alpha value is -1.46. The SMILES string of the molecule is CCN(Cc1ccccn1)C(=O)C1(COC)CCNC1. The molecule has 2 rings (SSSR count). The molecule has 1 aromatic rings. The van der Waals surface area contributed by atoms with Crippen molar-refractivity contribution in [3.8, 4) is 0 Å². The van der Waals surface area contributed by atoms with E-state index in [9.17, 15) is 4.79 Å². The molecular formula is C15H23N3O2. The Morgan fingerprint density at radius 1 is 1.55 bits per heavy atom. The number of pyridine rings is 1. The Morgan fingerprint density at radius 2 is 2.40 bits per heavy atom. The molecule has 1 N–H and O–H groups in total. The average Bonchev–Trinajstić information content (AvgIpc) is 2.95. The minimum absolute atomic E-state index is 0.164. The lowest BCUT2D eigenvalue weighted by molar-refractivity contribution is -0.144. The molecule has 1 fully saturated rings. The van der Waals surface area contributed by atoms with Gasteiger partial charge in [-0.1, -0.05) is 6.07 Å². The average molecular weight is 277 g/mol. The van der Waals surface area contributed by atoms with Gasteiger partial charge in [-0.15, -0.1) is 0 Å². The second kappa shape index (κ2) is 6.81. The number of methoxy groups -OCH3 is 1. The molecule has 0 spiro atoms. The van der Waals surface area contributed by atoms with E-state index in [1.165, 1.54) is 0 Å². The van der Waals surface area contributed by atoms with Crippen molar-refractivity contribution in [1.29, 1.82) is 0 Å². The lowest BCUT2D eigenvalue weighted by atomic mass is 9.86. The predicted molar refractivity (Wildman–Crippen MR) is 77.1 cm³/mol. The molecule has 110 valence electrons. The Labute approximate surface area is 120 Å². The zero-order valence-corrected chi connectivity index (χ0v) is 12.3. The van der Waals surface area contributed by atoms with E-state index in [0.717, 1.165) is 18.7 Å². The van der Waals surface area contributed by atoms with E-state index in [1.807, 2.05) is 30.0 Å². The summed E-state index contributed by atoms with van der Waals surface area (Å²) in [6.45, 7) is 5.28. The highest BCUT2D eigenvalue weighted by atomic mass is 16.5. The molecule has 1 aliphatic rings. The maximum Gasteiger partial charge on any atom is 0.232 e. The van der Waals surface area contributed by atoms with Crippen molar-refractivity contribution >= 4 is 5.91 Å². The quantitative estimate of drug-likeness (QED) is 0.844. The van der Waals surface area contributed by atoms with Gasteiger partial charge in [-0.2, -0.15) is 0 Å².